The first-order valence-corrected chi connectivity index (χ1v) is 8.47. The minimum Gasteiger partial charge on any atom is -0.343 e. The van der Waals surface area contributed by atoms with Gasteiger partial charge in [-0.25, -0.2) is 0 Å². The van der Waals surface area contributed by atoms with E-state index in [1.165, 1.54) is 16.0 Å². The Labute approximate surface area is 132 Å². The van der Waals surface area contributed by atoms with Crippen LogP contribution in [0.15, 0.2) is 24.3 Å². The molecule has 1 aliphatic heterocycles. The van der Waals surface area contributed by atoms with E-state index in [2.05, 4.69) is 35.2 Å². The number of piperidine rings is 1. The monoisotopic (exact) mass is 298 g/mol. The number of amides is 1. The fourth-order valence-corrected chi connectivity index (χ4v) is 3.57. The molecule has 1 heterocycles. The zero-order valence-electron chi connectivity index (χ0n) is 13.7. The van der Waals surface area contributed by atoms with Crippen molar-refractivity contribution in [3.8, 4) is 0 Å². The summed E-state index contributed by atoms with van der Waals surface area (Å²) in [6, 6.07) is 9.07. The van der Waals surface area contributed by atoms with E-state index in [-0.39, 0.29) is 5.91 Å². The Morgan fingerprint density at radius 2 is 2.00 bits per heavy atom. The molecule has 0 radical (unpaired) electrons. The van der Waals surface area contributed by atoms with Gasteiger partial charge in [0.2, 0.25) is 5.91 Å². The average Bonchev–Trinajstić information content (AvgIpc) is 2.55. The molecule has 0 N–H and O–H groups in total. The molecule has 3 nitrogen and oxygen atoms in total. The lowest BCUT2D eigenvalue weighted by Gasteiger charge is -2.37. The van der Waals surface area contributed by atoms with Crippen molar-refractivity contribution in [3.05, 3.63) is 34.7 Å². The van der Waals surface area contributed by atoms with Crippen molar-refractivity contribution in [1.29, 1.82) is 0 Å². The molecule has 1 amide bonds. The van der Waals surface area contributed by atoms with Crippen LogP contribution in [0.1, 0.15) is 32.6 Å². The van der Waals surface area contributed by atoms with Gasteiger partial charge in [0, 0.05) is 39.1 Å². The van der Waals surface area contributed by atoms with Crippen LogP contribution in [-0.4, -0.2) is 48.4 Å². The normalized spacial score (nSPS) is 18.4. The van der Waals surface area contributed by atoms with Gasteiger partial charge in [0.25, 0.3) is 0 Å². The maximum Gasteiger partial charge on any atom is 0.222 e. The van der Waals surface area contributed by atoms with E-state index >= 15 is 0 Å². The first-order valence-electron chi connectivity index (χ1n) is 8.47. The van der Waals surface area contributed by atoms with E-state index in [0.717, 1.165) is 38.9 Å². The highest BCUT2D eigenvalue weighted by atomic mass is 16.2. The molecule has 1 aromatic carbocycles. The van der Waals surface area contributed by atoms with Crippen LogP contribution >= 0.6 is 0 Å². The minimum absolute atomic E-state index is 0.273. The fraction of sp³-hybridized carbons (Fsp3) is 0.526. The van der Waals surface area contributed by atoms with Gasteiger partial charge < -0.3 is 9.80 Å². The van der Waals surface area contributed by atoms with Crippen molar-refractivity contribution in [2.45, 2.75) is 38.6 Å². The van der Waals surface area contributed by atoms with Gasteiger partial charge in [-0.2, -0.15) is 0 Å². The average molecular weight is 298 g/mol. The number of hydrogen-bond acceptors (Lipinski definition) is 2. The lowest BCUT2D eigenvalue weighted by molar-refractivity contribution is -0.132. The Bertz CT molecular complexity index is 656. The predicted octanol–water partition coefficient (Wildman–Crippen LogP) is 1.35. The van der Waals surface area contributed by atoms with Gasteiger partial charge in [-0.1, -0.05) is 37.3 Å². The number of benzene rings is 1. The molecule has 2 aliphatic rings. The molecule has 22 heavy (non-hydrogen) atoms. The lowest BCUT2D eigenvalue weighted by atomic mass is 9.96. The van der Waals surface area contributed by atoms with Crippen molar-refractivity contribution >= 4 is 17.6 Å². The minimum atomic E-state index is 0.273. The maximum absolute atomic E-state index is 11.8. The Kier molecular flexibility index (Phi) is 4.63. The Balaban J connectivity index is 1.47. The van der Waals surface area contributed by atoms with Crippen molar-refractivity contribution in [3.63, 3.8) is 0 Å². The molecule has 0 saturated carbocycles. The second-order valence-electron chi connectivity index (χ2n) is 6.44. The number of carbonyl (C=O) groups excluding carboxylic acids is 1. The smallest absolute Gasteiger partial charge is 0.222 e. The quantitative estimate of drug-likeness (QED) is 0.819. The van der Waals surface area contributed by atoms with Crippen molar-refractivity contribution in [2.24, 2.45) is 0 Å². The summed E-state index contributed by atoms with van der Waals surface area (Å²) in [5.41, 5.74) is 1.50. The van der Waals surface area contributed by atoms with E-state index in [0.29, 0.717) is 12.5 Å². The van der Waals surface area contributed by atoms with Crippen LogP contribution in [0.4, 0.5) is 0 Å². The number of hydrogen-bond donors (Lipinski definition) is 0. The standard InChI is InChI=1S/C19H26N2O/c1-3-19(22)20(2)17-9-12-21(13-10-17)11-8-16-14-15-6-4-5-7-18(15)16/h4-7,14,17H,3,8-13H2,1-2H3. The summed E-state index contributed by atoms with van der Waals surface area (Å²) in [5.74, 6) is 0.273. The molecule has 0 atom stereocenters. The van der Waals surface area contributed by atoms with Crippen LogP contribution in [0.5, 0.6) is 0 Å². The summed E-state index contributed by atoms with van der Waals surface area (Å²) < 4.78 is 0. The number of likely N-dealkylation sites (tertiary alicyclic amines) is 1. The maximum atomic E-state index is 11.8. The summed E-state index contributed by atoms with van der Waals surface area (Å²) in [6.45, 7) is 5.30. The highest BCUT2D eigenvalue weighted by Crippen LogP contribution is 2.17. The SMILES string of the molecule is CCC(=O)N(C)C1CCN(CCC2=c3ccccc3=C2)CC1. The second-order valence-corrected chi connectivity index (χ2v) is 6.44. The molecule has 0 spiro atoms. The van der Waals surface area contributed by atoms with Crippen LogP contribution in [0.3, 0.4) is 0 Å². The summed E-state index contributed by atoms with van der Waals surface area (Å²) in [5, 5.41) is 2.82. The summed E-state index contributed by atoms with van der Waals surface area (Å²) >= 11 is 0. The first-order chi connectivity index (χ1) is 10.7. The lowest BCUT2D eigenvalue weighted by Crippen LogP contribution is -2.46. The van der Waals surface area contributed by atoms with Crippen LogP contribution in [0.2, 0.25) is 0 Å². The largest absolute Gasteiger partial charge is 0.343 e. The molecule has 1 saturated heterocycles. The van der Waals surface area contributed by atoms with Crippen molar-refractivity contribution in [2.75, 3.05) is 26.7 Å². The number of carbonyl (C=O) groups is 1. The molecule has 1 aromatic rings. The summed E-state index contributed by atoms with van der Waals surface area (Å²) in [7, 11) is 1.96. The molecular weight excluding hydrogens is 272 g/mol. The molecule has 0 unspecified atom stereocenters. The fourth-order valence-electron chi connectivity index (χ4n) is 3.57. The molecule has 118 valence electrons. The Morgan fingerprint density at radius 3 is 2.68 bits per heavy atom. The topological polar surface area (TPSA) is 23.6 Å². The van der Waals surface area contributed by atoms with Gasteiger partial charge in [-0.15, -0.1) is 0 Å². The highest BCUT2D eigenvalue weighted by molar-refractivity contribution is 5.82. The van der Waals surface area contributed by atoms with Gasteiger partial charge in [-0.3, -0.25) is 4.79 Å². The van der Waals surface area contributed by atoms with Crippen LogP contribution < -0.4 is 10.4 Å². The molecule has 3 rings (SSSR count). The molecule has 0 aromatic heterocycles. The Hall–Kier alpha value is -1.61. The molecular formula is C19H26N2O. The molecule has 1 fully saturated rings. The molecule has 3 heteroatoms. The van der Waals surface area contributed by atoms with Gasteiger partial charge in [0.05, 0.1) is 0 Å². The molecule has 1 aliphatic carbocycles. The van der Waals surface area contributed by atoms with Crippen molar-refractivity contribution < 1.29 is 4.79 Å². The van der Waals surface area contributed by atoms with Gasteiger partial charge in [0.1, 0.15) is 0 Å². The second kappa shape index (κ2) is 6.66. The Morgan fingerprint density at radius 1 is 1.27 bits per heavy atom. The van der Waals surface area contributed by atoms with Gasteiger partial charge in [-0.05, 0) is 35.3 Å². The third kappa shape index (κ3) is 3.09. The van der Waals surface area contributed by atoms with E-state index in [4.69, 9.17) is 0 Å². The van der Waals surface area contributed by atoms with Gasteiger partial charge in [0.15, 0.2) is 0 Å². The summed E-state index contributed by atoms with van der Waals surface area (Å²) in [6.07, 6.45) is 6.29. The number of fused-ring (bicyclic) bond motifs is 1. The van der Waals surface area contributed by atoms with Crippen LogP contribution in [0.25, 0.3) is 11.6 Å². The van der Waals surface area contributed by atoms with Gasteiger partial charge >= 0.3 is 0 Å². The van der Waals surface area contributed by atoms with E-state index in [9.17, 15) is 4.79 Å². The number of rotatable bonds is 5. The van der Waals surface area contributed by atoms with Crippen LogP contribution in [0, 0.1) is 0 Å². The predicted molar refractivity (Wildman–Crippen MR) is 90.7 cm³/mol. The van der Waals surface area contributed by atoms with Crippen molar-refractivity contribution in [1.82, 2.24) is 9.80 Å². The highest BCUT2D eigenvalue weighted by Gasteiger charge is 2.24. The number of nitrogens with zero attached hydrogens (tertiary/aromatic N) is 2. The summed E-state index contributed by atoms with van der Waals surface area (Å²) in [4.78, 5) is 16.3. The van der Waals surface area contributed by atoms with E-state index in [1.807, 2.05) is 18.9 Å². The zero-order chi connectivity index (χ0) is 15.5. The van der Waals surface area contributed by atoms with E-state index < -0.39 is 0 Å². The molecule has 0 bridgehead atoms. The third-order valence-electron chi connectivity index (χ3n) is 5.13. The first kappa shape index (κ1) is 15.3. The zero-order valence-corrected chi connectivity index (χ0v) is 13.7. The van der Waals surface area contributed by atoms with E-state index in [1.54, 1.807) is 0 Å². The van der Waals surface area contributed by atoms with Crippen LogP contribution in [-0.2, 0) is 4.79 Å². The third-order valence-corrected chi connectivity index (χ3v) is 5.13.